The van der Waals surface area contributed by atoms with E-state index in [2.05, 4.69) is 17.3 Å². The third kappa shape index (κ3) is 4.13. The maximum atomic E-state index is 12.7. The van der Waals surface area contributed by atoms with Gasteiger partial charge in [-0.25, -0.2) is 4.39 Å². The average Bonchev–Trinajstić information content (AvgIpc) is 2.80. The van der Waals surface area contributed by atoms with E-state index in [0.29, 0.717) is 0 Å². The summed E-state index contributed by atoms with van der Waals surface area (Å²) >= 11 is 0. The first-order chi connectivity index (χ1) is 8.28. The Balaban J connectivity index is 0.00000162. The molecule has 0 aliphatic heterocycles. The van der Waals surface area contributed by atoms with Gasteiger partial charge in [0.05, 0.1) is 6.20 Å². The highest BCUT2D eigenvalue weighted by Gasteiger charge is 1.97. The third-order valence-corrected chi connectivity index (χ3v) is 2.58. The van der Waals surface area contributed by atoms with Crippen molar-refractivity contribution in [1.82, 2.24) is 15.1 Å². The molecule has 2 rings (SSSR count). The van der Waals surface area contributed by atoms with Gasteiger partial charge in [0.25, 0.3) is 0 Å². The standard InChI is InChI=1S/C13H16FN3.ClH/c1-2-17-10-12(9-16-17)8-15-7-11-3-5-13(14)6-4-11;/h3-6,9-10,15H,2,7-8H2,1H3;1H. The Bertz CT molecular complexity index is 467. The Hall–Kier alpha value is -1.39. The number of nitrogens with zero attached hydrogens (tertiary/aromatic N) is 2. The van der Waals surface area contributed by atoms with Gasteiger partial charge in [-0.1, -0.05) is 12.1 Å². The van der Waals surface area contributed by atoms with E-state index in [1.807, 2.05) is 17.1 Å². The van der Waals surface area contributed by atoms with Gasteiger partial charge in [-0.05, 0) is 24.6 Å². The van der Waals surface area contributed by atoms with Crippen molar-refractivity contribution in [3.05, 3.63) is 53.6 Å². The number of hydrogen-bond donors (Lipinski definition) is 1. The summed E-state index contributed by atoms with van der Waals surface area (Å²) in [6.45, 7) is 4.45. The summed E-state index contributed by atoms with van der Waals surface area (Å²) in [7, 11) is 0. The van der Waals surface area contributed by atoms with Crippen LogP contribution >= 0.6 is 12.4 Å². The van der Waals surface area contributed by atoms with E-state index < -0.39 is 0 Å². The normalized spacial score (nSPS) is 10.1. The first kappa shape index (κ1) is 14.7. The van der Waals surface area contributed by atoms with Crippen LogP contribution in [0.15, 0.2) is 36.7 Å². The van der Waals surface area contributed by atoms with Crippen LogP contribution in [0.1, 0.15) is 18.1 Å². The lowest BCUT2D eigenvalue weighted by molar-refractivity contribution is 0.624. The molecule has 18 heavy (non-hydrogen) atoms. The molecule has 1 N–H and O–H groups in total. The van der Waals surface area contributed by atoms with E-state index in [1.54, 1.807) is 12.1 Å². The molecule has 1 aromatic heterocycles. The first-order valence-corrected chi connectivity index (χ1v) is 5.74. The molecule has 98 valence electrons. The van der Waals surface area contributed by atoms with E-state index >= 15 is 0 Å². The van der Waals surface area contributed by atoms with Crippen molar-refractivity contribution < 1.29 is 4.39 Å². The number of halogens is 2. The summed E-state index contributed by atoms with van der Waals surface area (Å²) in [5.41, 5.74) is 2.24. The molecule has 3 nitrogen and oxygen atoms in total. The van der Waals surface area contributed by atoms with E-state index in [0.717, 1.165) is 30.8 Å². The van der Waals surface area contributed by atoms with Gasteiger partial charge in [-0.15, -0.1) is 12.4 Å². The maximum Gasteiger partial charge on any atom is 0.123 e. The van der Waals surface area contributed by atoms with Crippen LogP contribution in [0.5, 0.6) is 0 Å². The molecule has 0 aliphatic carbocycles. The highest BCUT2D eigenvalue weighted by molar-refractivity contribution is 5.85. The lowest BCUT2D eigenvalue weighted by Crippen LogP contribution is -2.12. The average molecular weight is 270 g/mol. The van der Waals surface area contributed by atoms with Gasteiger partial charge in [0.15, 0.2) is 0 Å². The molecular formula is C13H17ClFN3. The predicted octanol–water partition coefficient (Wildman–Crippen LogP) is 2.75. The van der Waals surface area contributed by atoms with E-state index in [9.17, 15) is 4.39 Å². The second-order valence-electron chi connectivity index (χ2n) is 3.93. The van der Waals surface area contributed by atoms with E-state index in [4.69, 9.17) is 0 Å². The fourth-order valence-electron chi connectivity index (χ4n) is 1.62. The smallest absolute Gasteiger partial charge is 0.123 e. The van der Waals surface area contributed by atoms with Gasteiger partial charge < -0.3 is 5.32 Å². The monoisotopic (exact) mass is 269 g/mol. The molecule has 0 amide bonds. The van der Waals surface area contributed by atoms with Crippen LogP contribution in [0.2, 0.25) is 0 Å². The second-order valence-corrected chi connectivity index (χ2v) is 3.93. The number of nitrogens with one attached hydrogen (secondary N) is 1. The SMILES string of the molecule is CCn1cc(CNCc2ccc(F)cc2)cn1.Cl. The zero-order valence-electron chi connectivity index (χ0n) is 10.3. The zero-order chi connectivity index (χ0) is 12.1. The molecule has 1 heterocycles. The molecule has 0 spiro atoms. The van der Waals surface area contributed by atoms with Crippen molar-refractivity contribution in [2.75, 3.05) is 0 Å². The Morgan fingerprint density at radius 2 is 1.83 bits per heavy atom. The van der Waals surface area contributed by atoms with Crippen molar-refractivity contribution in [2.24, 2.45) is 0 Å². The van der Waals surface area contributed by atoms with Crippen molar-refractivity contribution in [3.8, 4) is 0 Å². The van der Waals surface area contributed by atoms with Crippen LogP contribution in [-0.4, -0.2) is 9.78 Å². The summed E-state index contributed by atoms with van der Waals surface area (Å²) in [6.07, 6.45) is 3.89. The van der Waals surface area contributed by atoms with Crippen molar-refractivity contribution >= 4 is 12.4 Å². The van der Waals surface area contributed by atoms with E-state index in [-0.39, 0.29) is 18.2 Å². The molecule has 0 fully saturated rings. The van der Waals surface area contributed by atoms with Crippen LogP contribution in [0, 0.1) is 5.82 Å². The molecule has 0 unspecified atom stereocenters. The largest absolute Gasteiger partial charge is 0.309 e. The topological polar surface area (TPSA) is 29.9 Å². The molecule has 2 aromatic rings. The fourth-order valence-corrected chi connectivity index (χ4v) is 1.62. The first-order valence-electron chi connectivity index (χ1n) is 5.74. The van der Waals surface area contributed by atoms with Crippen LogP contribution in [0.4, 0.5) is 4.39 Å². The number of aromatic nitrogens is 2. The van der Waals surface area contributed by atoms with Crippen molar-refractivity contribution in [3.63, 3.8) is 0 Å². The minimum Gasteiger partial charge on any atom is -0.309 e. The Kier molecular flexibility index (Phi) is 5.82. The Morgan fingerprint density at radius 3 is 2.44 bits per heavy atom. The van der Waals surface area contributed by atoms with E-state index in [1.165, 1.54) is 12.1 Å². The van der Waals surface area contributed by atoms with Crippen LogP contribution < -0.4 is 5.32 Å². The molecule has 0 bridgehead atoms. The predicted molar refractivity (Wildman–Crippen MR) is 72.1 cm³/mol. The molecule has 5 heteroatoms. The highest BCUT2D eigenvalue weighted by Crippen LogP contribution is 2.03. The summed E-state index contributed by atoms with van der Waals surface area (Å²) in [5, 5.41) is 7.50. The Labute approximate surface area is 112 Å². The van der Waals surface area contributed by atoms with Gasteiger partial charge in [0.2, 0.25) is 0 Å². The van der Waals surface area contributed by atoms with Crippen molar-refractivity contribution in [2.45, 2.75) is 26.6 Å². The van der Waals surface area contributed by atoms with Gasteiger partial charge in [0, 0.05) is 31.4 Å². The van der Waals surface area contributed by atoms with Crippen LogP contribution in [0.3, 0.4) is 0 Å². The molecule has 0 radical (unpaired) electrons. The minimum absolute atomic E-state index is 0. The van der Waals surface area contributed by atoms with Crippen LogP contribution in [0.25, 0.3) is 0 Å². The third-order valence-electron chi connectivity index (χ3n) is 2.58. The molecule has 1 aromatic carbocycles. The van der Waals surface area contributed by atoms with Gasteiger partial charge in [-0.3, -0.25) is 4.68 Å². The minimum atomic E-state index is -0.196. The van der Waals surface area contributed by atoms with Gasteiger partial charge in [0.1, 0.15) is 5.82 Å². The summed E-state index contributed by atoms with van der Waals surface area (Å²) in [4.78, 5) is 0. The maximum absolute atomic E-state index is 12.7. The fraction of sp³-hybridized carbons (Fsp3) is 0.308. The molecule has 0 saturated heterocycles. The summed E-state index contributed by atoms with van der Waals surface area (Å²) < 4.78 is 14.6. The Morgan fingerprint density at radius 1 is 1.17 bits per heavy atom. The molecule has 0 atom stereocenters. The second kappa shape index (κ2) is 7.13. The molecule has 0 saturated carbocycles. The highest BCUT2D eigenvalue weighted by atomic mass is 35.5. The summed E-state index contributed by atoms with van der Waals surface area (Å²) in [5.74, 6) is -0.196. The quantitative estimate of drug-likeness (QED) is 0.905. The number of benzene rings is 1. The molecular weight excluding hydrogens is 253 g/mol. The lowest BCUT2D eigenvalue weighted by atomic mass is 10.2. The number of aryl methyl sites for hydroxylation is 1. The number of hydrogen-bond acceptors (Lipinski definition) is 2. The van der Waals surface area contributed by atoms with Gasteiger partial charge >= 0.3 is 0 Å². The van der Waals surface area contributed by atoms with Crippen LogP contribution in [-0.2, 0) is 19.6 Å². The lowest BCUT2D eigenvalue weighted by Gasteiger charge is -2.03. The van der Waals surface area contributed by atoms with Crippen molar-refractivity contribution in [1.29, 1.82) is 0 Å². The molecule has 0 aliphatic rings. The number of rotatable bonds is 5. The summed E-state index contributed by atoms with van der Waals surface area (Å²) in [6, 6.07) is 6.54. The van der Waals surface area contributed by atoms with Gasteiger partial charge in [-0.2, -0.15) is 5.10 Å². The zero-order valence-corrected chi connectivity index (χ0v) is 11.1.